The molecule has 4 heteroatoms. The lowest BCUT2D eigenvalue weighted by atomic mass is 10.1. The molecule has 0 radical (unpaired) electrons. The number of hydrogen-bond acceptors (Lipinski definition) is 3. The van der Waals surface area contributed by atoms with Crippen molar-refractivity contribution in [3.8, 4) is 11.5 Å². The van der Waals surface area contributed by atoms with Gasteiger partial charge in [-0.05, 0) is 36.4 Å². The van der Waals surface area contributed by atoms with Crippen LogP contribution in [-0.2, 0) is 0 Å². The number of rotatable bonds is 6. The first kappa shape index (κ1) is 16.0. The highest BCUT2D eigenvalue weighted by molar-refractivity contribution is 5.83. The minimum absolute atomic E-state index is 0.254. The van der Waals surface area contributed by atoms with E-state index in [1.165, 1.54) is 10.5 Å². The fourth-order valence-corrected chi connectivity index (χ4v) is 2.31. The molecule has 0 aliphatic carbocycles. The van der Waals surface area contributed by atoms with Crippen LogP contribution >= 0.6 is 0 Å². The lowest BCUT2D eigenvalue weighted by Gasteiger charge is -2.20. The first-order chi connectivity index (χ1) is 10.6. The number of aliphatic imine (C=N–C) groups is 1. The van der Waals surface area contributed by atoms with Gasteiger partial charge in [-0.2, -0.15) is 0 Å². The van der Waals surface area contributed by atoms with Crippen LogP contribution < -0.4 is 9.64 Å². The minimum Gasteiger partial charge on any atom is -0.507 e. The number of likely N-dealkylation sites (N-methyl/N-ethyl adjacent to an activating group) is 1. The molecule has 0 heterocycles. The summed E-state index contributed by atoms with van der Waals surface area (Å²) in [6.45, 7) is 0.656. The fraction of sp³-hybridized carbons (Fsp3) is 0.278. The molecule has 1 atom stereocenters. The van der Waals surface area contributed by atoms with E-state index in [1.807, 2.05) is 24.3 Å². The Bertz CT molecular complexity index is 621. The predicted octanol–water partition coefficient (Wildman–Crippen LogP) is 1.71. The van der Waals surface area contributed by atoms with Gasteiger partial charge in [-0.1, -0.05) is 12.1 Å². The number of ether oxygens (including phenoxy) is 1. The third kappa shape index (κ3) is 4.09. The van der Waals surface area contributed by atoms with E-state index in [4.69, 9.17) is 4.74 Å². The molecular weight excluding hydrogens is 276 g/mol. The Labute approximate surface area is 131 Å². The van der Waals surface area contributed by atoms with Crippen LogP contribution in [0.25, 0.3) is 0 Å². The van der Waals surface area contributed by atoms with Gasteiger partial charge in [0.15, 0.2) is 0 Å². The molecule has 2 N–H and O–H groups in total. The smallest absolute Gasteiger partial charge is 0.132 e. The summed E-state index contributed by atoms with van der Waals surface area (Å²) in [7, 11) is 5.90. The van der Waals surface area contributed by atoms with Crippen LogP contribution in [0.15, 0.2) is 53.5 Å². The van der Waals surface area contributed by atoms with E-state index in [0.717, 1.165) is 11.3 Å². The van der Waals surface area contributed by atoms with E-state index in [0.29, 0.717) is 6.54 Å². The van der Waals surface area contributed by atoms with Crippen molar-refractivity contribution in [2.24, 2.45) is 4.99 Å². The predicted molar refractivity (Wildman–Crippen MR) is 89.1 cm³/mol. The summed E-state index contributed by atoms with van der Waals surface area (Å²) in [5, 5.41) is 9.75. The zero-order chi connectivity index (χ0) is 15.9. The summed E-state index contributed by atoms with van der Waals surface area (Å²) in [4.78, 5) is 5.81. The number of phenols is 1. The molecular formula is C18H23N2O2+. The van der Waals surface area contributed by atoms with Crippen LogP contribution in [0.2, 0.25) is 0 Å². The van der Waals surface area contributed by atoms with Gasteiger partial charge in [-0.25, -0.2) is 0 Å². The number of quaternary nitrogens is 1. The van der Waals surface area contributed by atoms with Gasteiger partial charge >= 0.3 is 0 Å². The number of aromatic hydroxyl groups is 1. The second kappa shape index (κ2) is 7.61. The van der Waals surface area contributed by atoms with Crippen molar-refractivity contribution < 1.29 is 14.7 Å². The molecule has 0 aliphatic heterocycles. The quantitative estimate of drug-likeness (QED) is 0.798. The van der Waals surface area contributed by atoms with Gasteiger partial charge < -0.3 is 14.7 Å². The summed E-state index contributed by atoms with van der Waals surface area (Å²) in [6, 6.07) is 15.6. The van der Waals surface area contributed by atoms with E-state index < -0.39 is 0 Å². The molecule has 0 amide bonds. The van der Waals surface area contributed by atoms with Crippen molar-refractivity contribution in [2.75, 3.05) is 27.7 Å². The Hall–Kier alpha value is -2.33. The third-order valence-electron chi connectivity index (χ3n) is 3.67. The van der Waals surface area contributed by atoms with E-state index in [2.05, 4.69) is 31.2 Å². The molecule has 0 fully saturated rings. The second-order valence-corrected chi connectivity index (χ2v) is 5.46. The Morgan fingerprint density at radius 1 is 1.14 bits per heavy atom. The Balaban J connectivity index is 2.10. The van der Waals surface area contributed by atoms with Crippen molar-refractivity contribution in [3.05, 3.63) is 59.7 Å². The van der Waals surface area contributed by atoms with Crippen LogP contribution in [0.1, 0.15) is 17.2 Å². The highest BCUT2D eigenvalue weighted by atomic mass is 16.5. The lowest BCUT2D eigenvalue weighted by molar-refractivity contribution is -0.890. The molecule has 0 saturated heterocycles. The largest absolute Gasteiger partial charge is 0.507 e. The fourth-order valence-electron chi connectivity index (χ4n) is 2.31. The molecule has 22 heavy (non-hydrogen) atoms. The molecule has 0 unspecified atom stereocenters. The highest BCUT2D eigenvalue weighted by Crippen LogP contribution is 2.17. The van der Waals surface area contributed by atoms with Crippen molar-refractivity contribution in [1.82, 2.24) is 0 Å². The molecule has 0 saturated carbocycles. The standard InChI is InChI=1S/C18H22N2O2/c1-20(2)17(14-8-10-16(22-3)11-9-14)13-19-12-15-6-4-5-7-18(15)21/h4-12,17,21H,13H2,1-3H3/p+1/t17-/m0/s1. The summed E-state index contributed by atoms with van der Waals surface area (Å²) in [5.74, 6) is 1.11. The maximum absolute atomic E-state index is 9.75. The lowest BCUT2D eigenvalue weighted by Crippen LogP contribution is -3.06. The van der Waals surface area contributed by atoms with E-state index in [-0.39, 0.29) is 11.8 Å². The number of phenolic OH excluding ortho intramolecular Hbond substituents is 1. The Morgan fingerprint density at radius 2 is 1.82 bits per heavy atom. The molecule has 0 aliphatic rings. The topological polar surface area (TPSA) is 46.3 Å². The number of para-hydroxylation sites is 1. The van der Waals surface area contributed by atoms with Crippen LogP contribution in [0.3, 0.4) is 0 Å². The van der Waals surface area contributed by atoms with Crippen molar-refractivity contribution >= 4 is 6.21 Å². The average molecular weight is 299 g/mol. The summed E-state index contributed by atoms with van der Waals surface area (Å²) in [6.07, 6.45) is 1.73. The zero-order valence-corrected chi connectivity index (χ0v) is 13.3. The van der Waals surface area contributed by atoms with Crippen molar-refractivity contribution in [2.45, 2.75) is 6.04 Å². The van der Waals surface area contributed by atoms with Gasteiger partial charge in [0.25, 0.3) is 0 Å². The van der Waals surface area contributed by atoms with Gasteiger partial charge in [0.05, 0.1) is 27.7 Å². The van der Waals surface area contributed by atoms with Crippen LogP contribution in [0, 0.1) is 0 Å². The van der Waals surface area contributed by atoms with Gasteiger partial charge in [-0.3, -0.25) is 4.99 Å². The molecule has 2 aromatic carbocycles. The molecule has 2 aromatic rings. The molecule has 0 bridgehead atoms. The first-order valence-corrected chi connectivity index (χ1v) is 7.33. The Kier molecular flexibility index (Phi) is 5.55. The number of hydrogen-bond donors (Lipinski definition) is 2. The number of nitrogens with zero attached hydrogens (tertiary/aromatic N) is 1. The van der Waals surface area contributed by atoms with E-state index in [1.54, 1.807) is 25.5 Å². The van der Waals surface area contributed by atoms with Crippen LogP contribution in [-0.4, -0.2) is 39.1 Å². The molecule has 0 aromatic heterocycles. The van der Waals surface area contributed by atoms with Gasteiger partial charge in [0.2, 0.25) is 0 Å². The summed E-state index contributed by atoms with van der Waals surface area (Å²) < 4.78 is 5.20. The van der Waals surface area contributed by atoms with Gasteiger partial charge in [0.1, 0.15) is 17.5 Å². The van der Waals surface area contributed by atoms with Crippen molar-refractivity contribution in [3.63, 3.8) is 0 Å². The molecule has 116 valence electrons. The van der Waals surface area contributed by atoms with Crippen LogP contribution in [0.4, 0.5) is 0 Å². The molecule has 2 rings (SSSR count). The normalized spacial score (nSPS) is 12.7. The maximum atomic E-state index is 9.75. The summed E-state index contributed by atoms with van der Waals surface area (Å²) in [5.41, 5.74) is 1.96. The summed E-state index contributed by atoms with van der Waals surface area (Å²) >= 11 is 0. The van der Waals surface area contributed by atoms with E-state index >= 15 is 0 Å². The third-order valence-corrected chi connectivity index (χ3v) is 3.67. The highest BCUT2D eigenvalue weighted by Gasteiger charge is 2.16. The van der Waals surface area contributed by atoms with Gasteiger partial charge in [-0.15, -0.1) is 0 Å². The van der Waals surface area contributed by atoms with E-state index in [9.17, 15) is 5.11 Å². The zero-order valence-electron chi connectivity index (χ0n) is 13.3. The maximum Gasteiger partial charge on any atom is 0.132 e. The number of nitrogens with one attached hydrogen (secondary N) is 1. The molecule has 0 spiro atoms. The minimum atomic E-state index is 0.254. The monoisotopic (exact) mass is 299 g/mol. The number of benzene rings is 2. The SMILES string of the molecule is COc1ccc([C@H](CN=Cc2ccccc2O)[NH+](C)C)cc1. The second-order valence-electron chi connectivity index (χ2n) is 5.46. The average Bonchev–Trinajstić information content (AvgIpc) is 2.53. The Morgan fingerprint density at radius 3 is 2.41 bits per heavy atom. The first-order valence-electron chi connectivity index (χ1n) is 7.33. The molecule has 4 nitrogen and oxygen atoms in total. The van der Waals surface area contributed by atoms with Crippen LogP contribution in [0.5, 0.6) is 11.5 Å². The number of methoxy groups -OCH3 is 1. The van der Waals surface area contributed by atoms with Gasteiger partial charge in [0, 0.05) is 17.3 Å². The van der Waals surface area contributed by atoms with Crippen molar-refractivity contribution in [1.29, 1.82) is 0 Å².